The van der Waals surface area contributed by atoms with Crippen LogP contribution in [0.1, 0.15) is 148 Å². The molecule has 0 N–H and O–H groups in total. The third kappa shape index (κ3) is 7.92. The largest absolute Gasteiger partial charge is 0.217 e. The van der Waals surface area contributed by atoms with Gasteiger partial charge >= 0.3 is 0 Å². The van der Waals surface area contributed by atoms with E-state index in [2.05, 4.69) is 99.6 Å². The number of benzene rings is 2. The first-order valence-corrected chi connectivity index (χ1v) is 18.2. The van der Waals surface area contributed by atoms with Gasteiger partial charge in [0.1, 0.15) is 29.1 Å². The minimum absolute atomic E-state index is 0.175. The summed E-state index contributed by atoms with van der Waals surface area (Å²) in [6.07, 6.45) is 6.06. The van der Waals surface area contributed by atoms with Crippen LogP contribution in [0.2, 0.25) is 0 Å². The average molecular weight is 670 g/mol. The third-order valence-electron chi connectivity index (χ3n) is 9.08. The third-order valence-corrected chi connectivity index (χ3v) is 9.08. The molecule has 0 bridgehead atoms. The highest BCUT2D eigenvalue weighted by Crippen LogP contribution is 2.33. The van der Waals surface area contributed by atoms with Crippen LogP contribution in [0, 0.1) is 0 Å². The van der Waals surface area contributed by atoms with Crippen LogP contribution in [0.25, 0.3) is 45.6 Å². The minimum Gasteiger partial charge on any atom is -0.217 e. The van der Waals surface area contributed by atoms with E-state index < -0.39 is 0 Å². The molecular weight excluding hydrogens is 619 g/mol. The fourth-order valence-electron chi connectivity index (χ4n) is 5.99. The number of aromatic nitrogens is 9. The highest BCUT2D eigenvalue weighted by Gasteiger charge is 2.25. The molecule has 2 aromatic carbocycles. The molecule has 3 heterocycles. The van der Waals surface area contributed by atoms with Crippen molar-refractivity contribution in [2.45, 2.75) is 130 Å². The van der Waals surface area contributed by atoms with Gasteiger partial charge in [0.2, 0.25) is 0 Å². The van der Waals surface area contributed by atoms with Gasteiger partial charge in [0.15, 0.2) is 23.3 Å². The van der Waals surface area contributed by atoms with Crippen LogP contribution in [0.3, 0.4) is 0 Å². The molecule has 0 amide bonds. The molecule has 1 aliphatic rings. The Labute approximate surface area is 297 Å². The van der Waals surface area contributed by atoms with E-state index in [0.29, 0.717) is 23.4 Å². The number of nitrogens with zero attached hydrogens (tertiary/aromatic N) is 9. The lowest BCUT2D eigenvalue weighted by Gasteiger charge is -2.21. The van der Waals surface area contributed by atoms with E-state index in [1.165, 1.54) is 19.3 Å². The normalized spacial score (nSPS) is 14.5. The molecular formula is C41H51N9. The zero-order chi connectivity index (χ0) is 35.8. The van der Waals surface area contributed by atoms with E-state index in [-0.39, 0.29) is 22.7 Å². The quantitative estimate of drug-likeness (QED) is 0.167. The van der Waals surface area contributed by atoms with Crippen molar-refractivity contribution in [2.75, 3.05) is 0 Å². The number of hydrogen-bond acceptors (Lipinski definition) is 9. The summed E-state index contributed by atoms with van der Waals surface area (Å²) in [6.45, 7) is 21.3. The molecule has 1 saturated carbocycles. The van der Waals surface area contributed by atoms with Crippen LogP contribution in [0.4, 0.5) is 0 Å². The topological polar surface area (TPSA) is 116 Å². The Hall–Kier alpha value is -4.53. The van der Waals surface area contributed by atoms with Crippen LogP contribution < -0.4 is 0 Å². The van der Waals surface area contributed by atoms with Gasteiger partial charge in [-0.15, -0.1) is 0 Å². The first-order chi connectivity index (χ1) is 23.7. The van der Waals surface area contributed by atoms with E-state index >= 15 is 0 Å². The molecule has 1 aliphatic carbocycles. The Morgan fingerprint density at radius 1 is 0.480 bits per heavy atom. The van der Waals surface area contributed by atoms with Crippen molar-refractivity contribution in [3.63, 3.8) is 0 Å². The molecule has 0 saturated heterocycles. The highest BCUT2D eigenvalue weighted by atomic mass is 15.1. The Balaban J connectivity index is 1.38. The molecule has 9 nitrogen and oxygen atoms in total. The number of hydrogen-bond donors (Lipinski definition) is 0. The summed E-state index contributed by atoms with van der Waals surface area (Å²) in [7, 11) is 0. The summed E-state index contributed by atoms with van der Waals surface area (Å²) in [5.41, 5.74) is 3.13. The van der Waals surface area contributed by atoms with E-state index in [0.717, 1.165) is 70.0 Å². The van der Waals surface area contributed by atoms with Crippen molar-refractivity contribution < 1.29 is 0 Å². The van der Waals surface area contributed by atoms with Crippen molar-refractivity contribution in [1.82, 2.24) is 44.9 Å². The van der Waals surface area contributed by atoms with E-state index in [1.807, 2.05) is 18.2 Å². The molecule has 0 aliphatic heterocycles. The lowest BCUT2D eigenvalue weighted by molar-refractivity contribution is 0.426. The van der Waals surface area contributed by atoms with Crippen molar-refractivity contribution in [1.29, 1.82) is 0 Å². The lowest BCUT2D eigenvalue weighted by atomic mass is 9.88. The van der Waals surface area contributed by atoms with Gasteiger partial charge in [-0.1, -0.05) is 131 Å². The second kappa shape index (κ2) is 14.0. The van der Waals surface area contributed by atoms with E-state index in [1.54, 1.807) is 0 Å². The molecule has 0 atom stereocenters. The SMILES string of the molecule is CC(C)c1nc(-c2ccc(-c3nc(-c4cccc(-c5nc(C(C)C)nc(C(C)(C)C)n5)c4)nc(C(C)(C)C)n3)cc2)nc(C2CCCCC2)n1. The molecule has 0 unspecified atom stereocenters. The highest BCUT2D eigenvalue weighted by molar-refractivity contribution is 5.69. The van der Waals surface area contributed by atoms with Gasteiger partial charge in [-0.3, -0.25) is 0 Å². The maximum Gasteiger partial charge on any atom is 0.163 e. The van der Waals surface area contributed by atoms with Gasteiger partial charge in [0, 0.05) is 50.8 Å². The van der Waals surface area contributed by atoms with Crippen molar-refractivity contribution in [3.8, 4) is 45.6 Å². The summed E-state index contributed by atoms with van der Waals surface area (Å²) < 4.78 is 0. The zero-order valence-electron chi connectivity index (χ0n) is 31.4. The Morgan fingerprint density at radius 3 is 1.42 bits per heavy atom. The van der Waals surface area contributed by atoms with Crippen LogP contribution >= 0.6 is 0 Å². The standard InChI is InChI=1S/C41H51N9/c1-24(2)31-42-33(26-15-12-11-13-16-26)45-34(43-31)27-19-21-28(22-20-27)35-46-37(50-39(48-35)41(8,9)10)30-18-14-17-29(23-30)36-44-32(25(3)4)47-38(49-36)40(5,6)7/h14,17-26H,11-13,15-16H2,1-10H3. The van der Waals surface area contributed by atoms with E-state index in [4.69, 9.17) is 44.9 Å². The van der Waals surface area contributed by atoms with Gasteiger partial charge in [0.25, 0.3) is 0 Å². The van der Waals surface area contributed by atoms with Gasteiger partial charge in [0.05, 0.1) is 0 Å². The maximum atomic E-state index is 5.02. The minimum atomic E-state index is -0.292. The second-order valence-electron chi connectivity index (χ2n) is 16.3. The van der Waals surface area contributed by atoms with Crippen molar-refractivity contribution in [2.24, 2.45) is 0 Å². The average Bonchev–Trinajstić information content (AvgIpc) is 3.10. The van der Waals surface area contributed by atoms with Crippen LogP contribution in [-0.2, 0) is 10.8 Å². The first kappa shape index (κ1) is 35.3. The predicted octanol–water partition coefficient (Wildman–Crippen LogP) is 9.80. The maximum absolute atomic E-state index is 5.02. The first-order valence-electron chi connectivity index (χ1n) is 18.2. The summed E-state index contributed by atoms with van der Waals surface area (Å²) in [5.74, 6) is 7.49. The van der Waals surface area contributed by atoms with Crippen LogP contribution in [0.5, 0.6) is 0 Å². The van der Waals surface area contributed by atoms with Gasteiger partial charge in [-0.2, -0.15) is 0 Å². The van der Waals surface area contributed by atoms with Gasteiger partial charge in [-0.25, -0.2) is 44.9 Å². The Kier molecular flexibility index (Phi) is 9.89. The molecule has 260 valence electrons. The molecule has 50 heavy (non-hydrogen) atoms. The second-order valence-corrected chi connectivity index (χ2v) is 16.3. The van der Waals surface area contributed by atoms with Gasteiger partial charge in [-0.05, 0) is 18.9 Å². The summed E-state index contributed by atoms with van der Waals surface area (Å²) >= 11 is 0. The smallest absolute Gasteiger partial charge is 0.163 e. The Morgan fingerprint density at radius 2 is 0.920 bits per heavy atom. The molecule has 0 radical (unpaired) electrons. The van der Waals surface area contributed by atoms with Crippen LogP contribution in [-0.4, -0.2) is 44.9 Å². The summed E-state index contributed by atoms with van der Waals surface area (Å²) in [6, 6.07) is 16.4. The zero-order valence-corrected chi connectivity index (χ0v) is 31.4. The molecule has 9 heteroatoms. The van der Waals surface area contributed by atoms with E-state index in [9.17, 15) is 0 Å². The summed E-state index contributed by atoms with van der Waals surface area (Å²) in [4.78, 5) is 44.3. The monoisotopic (exact) mass is 669 g/mol. The fourth-order valence-corrected chi connectivity index (χ4v) is 5.99. The Bertz CT molecular complexity index is 1960. The van der Waals surface area contributed by atoms with Gasteiger partial charge < -0.3 is 0 Å². The van der Waals surface area contributed by atoms with Crippen LogP contribution in [0.15, 0.2) is 48.5 Å². The predicted molar refractivity (Wildman–Crippen MR) is 200 cm³/mol. The van der Waals surface area contributed by atoms with Crippen molar-refractivity contribution in [3.05, 3.63) is 77.7 Å². The fraction of sp³-hybridized carbons (Fsp3) is 0.488. The molecule has 6 rings (SSSR count). The van der Waals surface area contributed by atoms with Crippen molar-refractivity contribution >= 4 is 0 Å². The lowest BCUT2D eigenvalue weighted by Crippen LogP contribution is -2.19. The molecule has 5 aromatic rings. The molecule has 1 fully saturated rings. The summed E-state index contributed by atoms with van der Waals surface area (Å²) in [5, 5.41) is 0. The molecule has 0 spiro atoms. The molecule has 3 aromatic heterocycles. The number of rotatable bonds is 7.